The maximum absolute atomic E-state index is 12.9. The molecule has 2 aromatic heterocycles. The van der Waals surface area contributed by atoms with Gasteiger partial charge in [0.25, 0.3) is 5.91 Å². The summed E-state index contributed by atoms with van der Waals surface area (Å²) in [6.07, 6.45) is 2.44. The fourth-order valence-electron chi connectivity index (χ4n) is 2.27. The summed E-state index contributed by atoms with van der Waals surface area (Å²) < 4.78 is 12.9. The lowest BCUT2D eigenvalue weighted by molar-refractivity contribution is -0.121. The molecule has 2 amide bonds. The largest absolute Gasteiger partial charge is 0.350 e. The van der Waals surface area contributed by atoms with Gasteiger partial charge >= 0.3 is 0 Å². The highest BCUT2D eigenvalue weighted by Gasteiger charge is 2.10. The van der Waals surface area contributed by atoms with Crippen LogP contribution in [0.15, 0.2) is 54.0 Å². The standard InChI is InChI=1S/C19H17FN4O2S/c20-14-6-4-13(5-7-14)18(26)24-19-23-16(12-27-19)8-9-17(25)22-11-15-3-1-2-10-21-15/h1-7,10,12H,8-9,11H2,(H,22,25)(H,23,24,26). The Morgan fingerprint density at radius 2 is 1.89 bits per heavy atom. The summed E-state index contributed by atoms with van der Waals surface area (Å²) in [7, 11) is 0. The van der Waals surface area contributed by atoms with Crippen LogP contribution >= 0.6 is 11.3 Å². The van der Waals surface area contributed by atoms with Gasteiger partial charge in [-0.3, -0.25) is 19.9 Å². The third-order valence-corrected chi connectivity index (χ3v) is 4.49. The van der Waals surface area contributed by atoms with Gasteiger partial charge in [-0.2, -0.15) is 0 Å². The van der Waals surface area contributed by atoms with Crippen molar-refractivity contribution in [1.82, 2.24) is 15.3 Å². The van der Waals surface area contributed by atoms with Crippen molar-refractivity contribution in [3.05, 3.63) is 76.8 Å². The van der Waals surface area contributed by atoms with Gasteiger partial charge in [0.05, 0.1) is 17.9 Å². The number of amides is 2. The van der Waals surface area contributed by atoms with Crippen molar-refractivity contribution in [2.24, 2.45) is 0 Å². The van der Waals surface area contributed by atoms with Gasteiger partial charge < -0.3 is 5.32 Å². The molecule has 0 aliphatic heterocycles. The van der Waals surface area contributed by atoms with Gasteiger partial charge in [0.15, 0.2) is 5.13 Å². The molecule has 0 aliphatic carbocycles. The van der Waals surface area contributed by atoms with Crippen molar-refractivity contribution in [2.75, 3.05) is 5.32 Å². The summed E-state index contributed by atoms with van der Waals surface area (Å²) in [5.41, 5.74) is 1.87. The van der Waals surface area contributed by atoms with Crippen molar-refractivity contribution in [3.63, 3.8) is 0 Å². The Morgan fingerprint density at radius 3 is 2.63 bits per heavy atom. The Morgan fingerprint density at radius 1 is 1.07 bits per heavy atom. The Bertz CT molecular complexity index is 913. The normalized spacial score (nSPS) is 10.4. The summed E-state index contributed by atoms with van der Waals surface area (Å²) in [5, 5.41) is 7.71. The second-order valence-electron chi connectivity index (χ2n) is 5.70. The lowest BCUT2D eigenvalue weighted by atomic mass is 10.2. The molecule has 3 aromatic rings. The first kappa shape index (κ1) is 18.7. The molecule has 0 radical (unpaired) electrons. The molecule has 6 nitrogen and oxygen atoms in total. The highest BCUT2D eigenvalue weighted by molar-refractivity contribution is 7.14. The van der Waals surface area contributed by atoms with Crippen molar-refractivity contribution in [3.8, 4) is 0 Å². The second-order valence-corrected chi connectivity index (χ2v) is 6.56. The molecule has 0 bridgehead atoms. The molecule has 0 aliphatic rings. The number of anilines is 1. The van der Waals surface area contributed by atoms with E-state index in [9.17, 15) is 14.0 Å². The smallest absolute Gasteiger partial charge is 0.257 e. The van der Waals surface area contributed by atoms with E-state index in [1.54, 1.807) is 11.6 Å². The third-order valence-electron chi connectivity index (χ3n) is 3.68. The van der Waals surface area contributed by atoms with Crippen LogP contribution in [0.5, 0.6) is 0 Å². The van der Waals surface area contributed by atoms with E-state index in [1.807, 2.05) is 18.2 Å². The van der Waals surface area contributed by atoms with Crippen LogP contribution < -0.4 is 10.6 Å². The molecular weight excluding hydrogens is 367 g/mol. The molecule has 0 unspecified atom stereocenters. The number of pyridine rings is 1. The van der Waals surface area contributed by atoms with Crippen molar-refractivity contribution < 1.29 is 14.0 Å². The molecule has 1 aromatic carbocycles. The number of rotatable bonds is 7. The summed E-state index contributed by atoms with van der Waals surface area (Å²) in [6, 6.07) is 10.8. The molecule has 27 heavy (non-hydrogen) atoms. The van der Waals surface area contributed by atoms with E-state index < -0.39 is 5.82 Å². The number of nitrogens with one attached hydrogen (secondary N) is 2. The fraction of sp³-hybridized carbons (Fsp3) is 0.158. The zero-order valence-electron chi connectivity index (χ0n) is 14.3. The molecule has 8 heteroatoms. The van der Waals surface area contributed by atoms with Crippen molar-refractivity contribution >= 4 is 28.3 Å². The Labute approximate surface area is 159 Å². The van der Waals surface area contributed by atoms with Crippen molar-refractivity contribution in [2.45, 2.75) is 19.4 Å². The van der Waals surface area contributed by atoms with Crippen LogP contribution in [0, 0.1) is 5.82 Å². The number of carbonyl (C=O) groups is 2. The zero-order valence-corrected chi connectivity index (χ0v) is 15.1. The number of thiazole rings is 1. The lowest BCUT2D eigenvalue weighted by Gasteiger charge is -2.04. The number of aryl methyl sites for hydroxylation is 1. The minimum atomic E-state index is -0.399. The molecule has 0 saturated carbocycles. The molecule has 138 valence electrons. The van der Waals surface area contributed by atoms with Gasteiger partial charge in [-0.15, -0.1) is 11.3 Å². The highest BCUT2D eigenvalue weighted by Crippen LogP contribution is 2.17. The van der Waals surface area contributed by atoms with Gasteiger partial charge in [-0.25, -0.2) is 9.37 Å². The van der Waals surface area contributed by atoms with Gasteiger partial charge in [0.1, 0.15) is 5.82 Å². The van der Waals surface area contributed by atoms with Crippen LogP contribution in [-0.2, 0) is 17.8 Å². The minimum Gasteiger partial charge on any atom is -0.350 e. The van der Waals surface area contributed by atoms with Gasteiger partial charge in [0, 0.05) is 23.6 Å². The maximum atomic E-state index is 12.9. The van der Waals surface area contributed by atoms with Crippen molar-refractivity contribution in [1.29, 1.82) is 0 Å². The Kier molecular flexibility index (Phi) is 6.22. The predicted octanol–water partition coefficient (Wildman–Crippen LogP) is 3.18. The quantitative estimate of drug-likeness (QED) is 0.655. The van der Waals surface area contributed by atoms with E-state index in [4.69, 9.17) is 0 Å². The number of halogens is 1. The van der Waals surface area contributed by atoms with Crippen LogP contribution in [0.4, 0.5) is 9.52 Å². The molecule has 0 saturated heterocycles. The van der Waals surface area contributed by atoms with Crippen LogP contribution in [0.1, 0.15) is 28.2 Å². The van der Waals surface area contributed by atoms with E-state index in [1.165, 1.54) is 35.6 Å². The molecule has 0 spiro atoms. The van der Waals surface area contributed by atoms with E-state index >= 15 is 0 Å². The average Bonchev–Trinajstić information content (AvgIpc) is 3.13. The average molecular weight is 384 g/mol. The second kappa shape index (κ2) is 9.00. The Hall–Kier alpha value is -3.13. The van der Waals surface area contributed by atoms with Crippen LogP contribution in [0.3, 0.4) is 0 Å². The first-order chi connectivity index (χ1) is 13.1. The van der Waals surface area contributed by atoms with Gasteiger partial charge in [-0.05, 0) is 42.8 Å². The van der Waals surface area contributed by atoms with E-state index in [-0.39, 0.29) is 11.8 Å². The summed E-state index contributed by atoms with van der Waals surface area (Å²) in [6.45, 7) is 0.385. The molecule has 0 atom stereocenters. The summed E-state index contributed by atoms with van der Waals surface area (Å²) >= 11 is 1.28. The molecule has 0 fully saturated rings. The van der Waals surface area contributed by atoms with Gasteiger partial charge in [-0.1, -0.05) is 6.07 Å². The van der Waals surface area contributed by atoms with Gasteiger partial charge in [0.2, 0.25) is 5.91 Å². The van der Waals surface area contributed by atoms with Crippen LogP contribution in [-0.4, -0.2) is 21.8 Å². The van der Waals surface area contributed by atoms with E-state index in [0.29, 0.717) is 30.1 Å². The maximum Gasteiger partial charge on any atom is 0.257 e. The number of benzene rings is 1. The molecule has 3 rings (SSSR count). The number of hydrogen-bond acceptors (Lipinski definition) is 5. The molecule has 2 heterocycles. The number of nitrogens with zero attached hydrogens (tertiary/aromatic N) is 2. The Balaban J connectivity index is 1.45. The zero-order chi connectivity index (χ0) is 19.1. The molecule has 2 N–H and O–H groups in total. The number of aromatic nitrogens is 2. The topological polar surface area (TPSA) is 84.0 Å². The number of hydrogen-bond donors (Lipinski definition) is 2. The minimum absolute atomic E-state index is 0.0921. The fourth-order valence-corrected chi connectivity index (χ4v) is 3.01. The molecular formula is C19H17FN4O2S. The first-order valence-electron chi connectivity index (χ1n) is 8.28. The summed E-state index contributed by atoms with van der Waals surface area (Å²) in [4.78, 5) is 32.5. The first-order valence-corrected chi connectivity index (χ1v) is 9.16. The monoisotopic (exact) mass is 384 g/mol. The third kappa shape index (κ3) is 5.68. The SMILES string of the molecule is O=C(CCc1csc(NC(=O)c2ccc(F)cc2)n1)NCc1ccccn1. The summed E-state index contributed by atoms with van der Waals surface area (Å²) in [5.74, 6) is -0.848. The number of carbonyl (C=O) groups excluding carboxylic acids is 2. The van der Waals surface area contributed by atoms with E-state index in [2.05, 4.69) is 20.6 Å². The lowest BCUT2D eigenvalue weighted by Crippen LogP contribution is -2.23. The highest BCUT2D eigenvalue weighted by atomic mass is 32.1. The van der Waals surface area contributed by atoms with Crippen LogP contribution in [0.2, 0.25) is 0 Å². The predicted molar refractivity (Wildman–Crippen MR) is 101 cm³/mol. The van der Waals surface area contributed by atoms with E-state index in [0.717, 1.165) is 11.4 Å². The van der Waals surface area contributed by atoms with Crippen LogP contribution in [0.25, 0.3) is 0 Å².